The average molecular weight is 346 g/mol. The highest BCUT2D eigenvalue weighted by molar-refractivity contribution is 5.85. The second-order valence-electron chi connectivity index (χ2n) is 6.86. The summed E-state index contributed by atoms with van der Waals surface area (Å²) in [5.41, 5.74) is 4.55. The van der Waals surface area contributed by atoms with E-state index in [1.54, 1.807) is 0 Å². The Morgan fingerprint density at radius 2 is 2.04 bits per heavy atom. The summed E-state index contributed by atoms with van der Waals surface area (Å²) in [5.74, 6) is 1.05. The molecule has 138 valence electrons. The molecule has 3 rings (SSSR count). The number of anilines is 1. The molecule has 2 heterocycles. The first-order chi connectivity index (χ1) is 12.1. The van der Waals surface area contributed by atoms with E-state index in [4.69, 9.17) is 9.72 Å². The second kappa shape index (κ2) is 8.17. The maximum atomic E-state index is 9.68. The lowest BCUT2D eigenvalue weighted by atomic mass is 10.0. The molecule has 0 bridgehead atoms. The van der Waals surface area contributed by atoms with Crippen LogP contribution in [0.25, 0.3) is 11.0 Å². The van der Waals surface area contributed by atoms with Crippen molar-refractivity contribution < 1.29 is 9.84 Å². The van der Waals surface area contributed by atoms with Gasteiger partial charge in [-0.15, -0.1) is 0 Å². The molecule has 1 aliphatic heterocycles. The fraction of sp³-hybridized carbons (Fsp3) is 0.632. The van der Waals surface area contributed by atoms with E-state index in [2.05, 4.69) is 33.8 Å². The molecule has 0 aliphatic carbocycles. The fourth-order valence-electron chi connectivity index (χ4n) is 3.55. The van der Waals surface area contributed by atoms with E-state index in [-0.39, 0.29) is 6.10 Å². The van der Waals surface area contributed by atoms with Crippen LogP contribution < -0.4 is 5.32 Å². The third-order valence-electron chi connectivity index (χ3n) is 5.04. The molecular formula is C19H30N4O2. The van der Waals surface area contributed by atoms with Gasteiger partial charge in [0.15, 0.2) is 0 Å². The first-order valence-electron chi connectivity index (χ1n) is 9.24. The molecule has 2 N–H and O–H groups in total. The highest BCUT2D eigenvalue weighted by atomic mass is 16.5. The third-order valence-corrected chi connectivity index (χ3v) is 5.04. The van der Waals surface area contributed by atoms with Crippen molar-refractivity contribution >= 4 is 16.7 Å². The molecule has 0 radical (unpaired) electrons. The number of nitrogens with zero attached hydrogens (tertiary/aromatic N) is 3. The molecule has 1 aromatic heterocycles. The number of aliphatic hydroxyl groups excluding tert-OH is 1. The molecule has 6 heteroatoms. The van der Waals surface area contributed by atoms with Gasteiger partial charge in [-0.25, -0.2) is 4.98 Å². The molecule has 0 spiro atoms. The summed E-state index contributed by atoms with van der Waals surface area (Å²) >= 11 is 0. The van der Waals surface area contributed by atoms with Gasteiger partial charge in [0.1, 0.15) is 5.82 Å². The van der Waals surface area contributed by atoms with Crippen molar-refractivity contribution in [3.05, 3.63) is 23.5 Å². The fourth-order valence-corrected chi connectivity index (χ4v) is 3.55. The summed E-state index contributed by atoms with van der Waals surface area (Å²) in [4.78, 5) is 7.31. The Morgan fingerprint density at radius 3 is 2.72 bits per heavy atom. The van der Waals surface area contributed by atoms with E-state index in [1.807, 2.05) is 14.0 Å². The monoisotopic (exact) mass is 346 g/mol. The molecule has 1 unspecified atom stereocenters. The van der Waals surface area contributed by atoms with E-state index in [0.717, 1.165) is 69.3 Å². The van der Waals surface area contributed by atoms with Gasteiger partial charge in [0.25, 0.3) is 0 Å². The standard InChI is InChI=1S/C19H30N4O2/c1-14(24)4-5-16-17(20-3)6-7-18-19(16)21-15(2)23(18)9-8-22-10-12-25-13-11-22/h6-7,14,20,24H,4-5,8-13H2,1-3H3. The van der Waals surface area contributed by atoms with E-state index in [9.17, 15) is 5.11 Å². The molecule has 1 saturated heterocycles. The lowest BCUT2D eigenvalue weighted by Crippen LogP contribution is -2.38. The topological polar surface area (TPSA) is 62.6 Å². The van der Waals surface area contributed by atoms with E-state index in [1.165, 1.54) is 11.1 Å². The van der Waals surface area contributed by atoms with Gasteiger partial charge in [-0.2, -0.15) is 0 Å². The predicted molar refractivity (Wildman–Crippen MR) is 101 cm³/mol. The summed E-state index contributed by atoms with van der Waals surface area (Å²) in [7, 11) is 1.94. The maximum Gasteiger partial charge on any atom is 0.106 e. The Morgan fingerprint density at radius 1 is 1.28 bits per heavy atom. The Hall–Kier alpha value is -1.63. The largest absolute Gasteiger partial charge is 0.393 e. The van der Waals surface area contributed by atoms with E-state index >= 15 is 0 Å². The zero-order chi connectivity index (χ0) is 17.8. The van der Waals surface area contributed by atoms with Gasteiger partial charge >= 0.3 is 0 Å². The molecule has 1 atom stereocenters. The number of imidazole rings is 1. The molecule has 0 amide bonds. The molecule has 0 saturated carbocycles. The number of nitrogens with one attached hydrogen (secondary N) is 1. The zero-order valence-electron chi connectivity index (χ0n) is 15.6. The first kappa shape index (κ1) is 18.2. The summed E-state index contributed by atoms with van der Waals surface area (Å²) < 4.78 is 7.75. The van der Waals surface area contributed by atoms with Crippen molar-refractivity contribution in [1.29, 1.82) is 0 Å². The van der Waals surface area contributed by atoms with E-state index in [0.29, 0.717) is 0 Å². The van der Waals surface area contributed by atoms with Crippen LogP contribution in [0.1, 0.15) is 24.7 Å². The lowest BCUT2D eigenvalue weighted by molar-refractivity contribution is 0.0364. The Bertz CT molecular complexity index is 705. The van der Waals surface area contributed by atoms with Crippen molar-refractivity contribution in [2.24, 2.45) is 0 Å². The molecule has 1 aliphatic rings. The number of fused-ring (bicyclic) bond motifs is 1. The number of hydrogen-bond donors (Lipinski definition) is 2. The van der Waals surface area contributed by atoms with Crippen molar-refractivity contribution in [2.75, 3.05) is 45.2 Å². The van der Waals surface area contributed by atoms with Crippen LogP contribution in [0.15, 0.2) is 12.1 Å². The molecule has 6 nitrogen and oxygen atoms in total. The SMILES string of the molecule is CNc1ccc2c(nc(C)n2CCN2CCOCC2)c1CCC(C)O. The van der Waals surface area contributed by atoms with Crippen LogP contribution >= 0.6 is 0 Å². The quantitative estimate of drug-likeness (QED) is 0.803. The Kier molecular flexibility index (Phi) is 5.93. The van der Waals surface area contributed by atoms with E-state index < -0.39 is 0 Å². The van der Waals surface area contributed by atoms with Gasteiger partial charge in [0.2, 0.25) is 0 Å². The minimum atomic E-state index is -0.301. The molecular weight excluding hydrogens is 316 g/mol. The summed E-state index contributed by atoms with van der Waals surface area (Å²) in [6.07, 6.45) is 1.27. The van der Waals surface area contributed by atoms with Crippen molar-refractivity contribution in [2.45, 2.75) is 39.3 Å². The normalized spacial score (nSPS) is 17.1. The van der Waals surface area contributed by atoms with Crippen molar-refractivity contribution in [1.82, 2.24) is 14.5 Å². The second-order valence-corrected chi connectivity index (χ2v) is 6.86. The van der Waals surface area contributed by atoms with Gasteiger partial charge in [-0.05, 0) is 38.8 Å². The zero-order valence-corrected chi connectivity index (χ0v) is 15.6. The number of aryl methyl sites for hydroxylation is 2. The van der Waals surface area contributed by atoms with Crippen LogP contribution in [0.5, 0.6) is 0 Å². The molecule has 1 fully saturated rings. The van der Waals surface area contributed by atoms with Gasteiger partial charge in [0, 0.05) is 44.5 Å². The predicted octanol–water partition coefficient (Wildman–Crippen LogP) is 2.03. The van der Waals surface area contributed by atoms with Crippen LogP contribution in [-0.4, -0.2) is 65.6 Å². The maximum absolute atomic E-state index is 9.68. The number of ether oxygens (including phenoxy) is 1. The molecule has 25 heavy (non-hydrogen) atoms. The summed E-state index contributed by atoms with van der Waals surface area (Å²) in [6, 6.07) is 4.29. The summed E-state index contributed by atoms with van der Waals surface area (Å²) in [6.45, 7) is 9.56. The number of aromatic nitrogens is 2. The van der Waals surface area contributed by atoms with Gasteiger partial charge in [-0.1, -0.05) is 0 Å². The number of hydrogen-bond acceptors (Lipinski definition) is 5. The van der Waals surface area contributed by atoms with Crippen LogP contribution in [-0.2, 0) is 17.7 Å². The molecule has 2 aromatic rings. The number of benzene rings is 1. The first-order valence-corrected chi connectivity index (χ1v) is 9.24. The van der Waals surface area contributed by atoms with Crippen molar-refractivity contribution in [3.8, 4) is 0 Å². The lowest BCUT2D eigenvalue weighted by Gasteiger charge is -2.26. The van der Waals surface area contributed by atoms with Crippen LogP contribution in [0, 0.1) is 6.92 Å². The Balaban J connectivity index is 1.86. The smallest absolute Gasteiger partial charge is 0.106 e. The highest BCUT2D eigenvalue weighted by Gasteiger charge is 2.16. The van der Waals surface area contributed by atoms with Gasteiger partial charge < -0.3 is 19.7 Å². The van der Waals surface area contributed by atoms with Gasteiger partial charge in [0.05, 0.1) is 30.4 Å². The highest BCUT2D eigenvalue weighted by Crippen LogP contribution is 2.28. The van der Waals surface area contributed by atoms with Crippen LogP contribution in [0.3, 0.4) is 0 Å². The molecule has 1 aromatic carbocycles. The van der Waals surface area contributed by atoms with Crippen LogP contribution in [0.2, 0.25) is 0 Å². The minimum absolute atomic E-state index is 0.301. The summed E-state index contributed by atoms with van der Waals surface area (Å²) in [5, 5.41) is 12.9. The third kappa shape index (κ3) is 4.14. The number of aliphatic hydroxyl groups is 1. The van der Waals surface area contributed by atoms with Crippen LogP contribution in [0.4, 0.5) is 5.69 Å². The number of rotatable bonds is 7. The average Bonchev–Trinajstić information content (AvgIpc) is 2.94. The Labute approximate surface area is 149 Å². The number of morpholine rings is 1. The van der Waals surface area contributed by atoms with Crippen molar-refractivity contribution in [3.63, 3.8) is 0 Å². The van der Waals surface area contributed by atoms with Gasteiger partial charge in [-0.3, -0.25) is 4.90 Å². The minimum Gasteiger partial charge on any atom is -0.393 e.